The van der Waals surface area contributed by atoms with Crippen molar-refractivity contribution >= 4 is 16.9 Å². The Labute approximate surface area is 125 Å². The summed E-state index contributed by atoms with van der Waals surface area (Å²) in [6, 6.07) is 8.07. The van der Waals surface area contributed by atoms with Crippen LogP contribution in [0.1, 0.15) is 38.2 Å². The molecule has 0 aliphatic carbocycles. The molecular weight excluding hydrogens is 266 g/mol. The van der Waals surface area contributed by atoms with Crippen LogP contribution >= 0.6 is 0 Å². The number of hydrogen-bond acceptors (Lipinski definition) is 3. The van der Waals surface area contributed by atoms with Gasteiger partial charge in [-0.25, -0.2) is 0 Å². The standard InChI is InChI=1S/C17H23NO3/c1-2-21-16(20)9-4-3-5-11-18-12-10-14-7-6-8-15(13-19)17(14)18/h6-8,10,12,19H,2-5,9,11,13H2,1H3. The minimum absolute atomic E-state index is 0.0597. The lowest BCUT2D eigenvalue weighted by molar-refractivity contribution is -0.143. The van der Waals surface area contributed by atoms with E-state index < -0.39 is 0 Å². The molecule has 0 saturated heterocycles. The average molecular weight is 289 g/mol. The Morgan fingerprint density at radius 2 is 2.10 bits per heavy atom. The number of ether oxygens (including phenoxy) is 1. The van der Waals surface area contributed by atoms with Crippen molar-refractivity contribution in [3.8, 4) is 0 Å². The van der Waals surface area contributed by atoms with Crippen LogP contribution in [-0.4, -0.2) is 22.2 Å². The second-order valence-electron chi connectivity index (χ2n) is 5.14. The fourth-order valence-electron chi connectivity index (χ4n) is 2.62. The zero-order chi connectivity index (χ0) is 15.1. The van der Waals surface area contributed by atoms with Gasteiger partial charge in [0.2, 0.25) is 0 Å². The Balaban J connectivity index is 1.85. The maximum atomic E-state index is 11.2. The van der Waals surface area contributed by atoms with Gasteiger partial charge >= 0.3 is 5.97 Å². The van der Waals surface area contributed by atoms with E-state index in [1.807, 2.05) is 19.1 Å². The fraction of sp³-hybridized carbons (Fsp3) is 0.471. The van der Waals surface area contributed by atoms with Gasteiger partial charge in [0, 0.05) is 24.7 Å². The minimum atomic E-state index is -0.105. The van der Waals surface area contributed by atoms with Crippen molar-refractivity contribution in [2.45, 2.75) is 45.8 Å². The highest BCUT2D eigenvalue weighted by atomic mass is 16.5. The minimum Gasteiger partial charge on any atom is -0.466 e. The Kier molecular flexibility index (Phi) is 5.81. The Bertz CT molecular complexity index is 589. The van der Waals surface area contributed by atoms with Crippen molar-refractivity contribution in [2.75, 3.05) is 6.61 Å². The summed E-state index contributed by atoms with van der Waals surface area (Å²) in [7, 11) is 0. The number of aryl methyl sites for hydroxylation is 1. The first kappa shape index (κ1) is 15.6. The number of unbranched alkanes of at least 4 members (excludes halogenated alkanes) is 2. The Morgan fingerprint density at radius 3 is 2.86 bits per heavy atom. The lowest BCUT2D eigenvalue weighted by Crippen LogP contribution is -2.04. The van der Waals surface area contributed by atoms with Crippen LogP contribution in [0.3, 0.4) is 0 Å². The van der Waals surface area contributed by atoms with Crippen molar-refractivity contribution in [2.24, 2.45) is 0 Å². The third kappa shape index (κ3) is 4.08. The number of para-hydroxylation sites is 1. The predicted molar refractivity (Wildman–Crippen MR) is 83.0 cm³/mol. The first-order valence-electron chi connectivity index (χ1n) is 7.59. The van der Waals surface area contributed by atoms with Gasteiger partial charge in [0.1, 0.15) is 0 Å². The van der Waals surface area contributed by atoms with E-state index in [1.165, 1.54) is 0 Å². The van der Waals surface area contributed by atoms with E-state index in [-0.39, 0.29) is 12.6 Å². The van der Waals surface area contributed by atoms with Gasteiger partial charge in [0.25, 0.3) is 0 Å². The second-order valence-corrected chi connectivity index (χ2v) is 5.14. The van der Waals surface area contributed by atoms with E-state index in [9.17, 15) is 9.90 Å². The molecule has 0 aliphatic heterocycles. The molecule has 1 aromatic carbocycles. The maximum absolute atomic E-state index is 11.2. The topological polar surface area (TPSA) is 51.5 Å². The van der Waals surface area contributed by atoms with Gasteiger partial charge in [-0.1, -0.05) is 24.6 Å². The van der Waals surface area contributed by atoms with Crippen LogP contribution < -0.4 is 0 Å². The Morgan fingerprint density at radius 1 is 1.24 bits per heavy atom. The van der Waals surface area contributed by atoms with Crippen LogP contribution in [0.25, 0.3) is 10.9 Å². The van der Waals surface area contributed by atoms with Gasteiger partial charge in [0.15, 0.2) is 0 Å². The zero-order valence-corrected chi connectivity index (χ0v) is 12.5. The summed E-state index contributed by atoms with van der Waals surface area (Å²) in [6.45, 7) is 3.25. The number of hydrogen-bond donors (Lipinski definition) is 1. The van der Waals surface area contributed by atoms with E-state index in [0.29, 0.717) is 13.0 Å². The van der Waals surface area contributed by atoms with Gasteiger partial charge in [0.05, 0.1) is 18.7 Å². The van der Waals surface area contributed by atoms with E-state index in [2.05, 4.69) is 22.9 Å². The number of rotatable bonds is 8. The monoisotopic (exact) mass is 289 g/mol. The van der Waals surface area contributed by atoms with E-state index in [0.717, 1.165) is 42.3 Å². The van der Waals surface area contributed by atoms with Gasteiger partial charge in [-0.2, -0.15) is 0 Å². The molecule has 1 heterocycles. The number of carbonyl (C=O) groups excluding carboxylic acids is 1. The molecule has 1 N–H and O–H groups in total. The molecule has 114 valence electrons. The molecule has 0 spiro atoms. The highest BCUT2D eigenvalue weighted by Crippen LogP contribution is 2.21. The van der Waals surface area contributed by atoms with E-state index in [4.69, 9.17) is 4.74 Å². The largest absolute Gasteiger partial charge is 0.466 e. The van der Waals surface area contributed by atoms with Crippen molar-refractivity contribution in [1.29, 1.82) is 0 Å². The molecule has 0 atom stereocenters. The lowest BCUT2D eigenvalue weighted by atomic mass is 10.1. The van der Waals surface area contributed by atoms with Crippen molar-refractivity contribution < 1.29 is 14.6 Å². The number of aliphatic hydroxyl groups excluding tert-OH is 1. The molecule has 0 aliphatic rings. The van der Waals surface area contributed by atoms with Gasteiger partial charge in [-0.3, -0.25) is 4.79 Å². The van der Waals surface area contributed by atoms with Crippen LogP contribution in [0.5, 0.6) is 0 Å². The summed E-state index contributed by atoms with van der Waals surface area (Å²) < 4.78 is 7.10. The first-order chi connectivity index (χ1) is 10.3. The van der Waals surface area contributed by atoms with Crippen LogP contribution in [0, 0.1) is 0 Å². The van der Waals surface area contributed by atoms with Crippen LogP contribution in [0.15, 0.2) is 30.5 Å². The number of esters is 1. The Hall–Kier alpha value is -1.81. The van der Waals surface area contributed by atoms with E-state index in [1.54, 1.807) is 0 Å². The zero-order valence-electron chi connectivity index (χ0n) is 12.5. The quantitative estimate of drug-likeness (QED) is 0.599. The molecule has 4 heteroatoms. The number of aromatic nitrogens is 1. The van der Waals surface area contributed by atoms with Gasteiger partial charge in [-0.15, -0.1) is 0 Å². The maximum Gasteiger partial charge on any atom is 0.305 e. The molecule has 2 rings (SSSR count). The number of aliphatic hydroxyl groups is 1. The summed E-state index contributed by atoms with van der Waals surface area (Å²) in [4.78, 5) is 11.2. The summed E-state index contributed by atoms with van der Waals surface area (Å²) in [5.74, 6) is -0.105. The van der Waals surface area contributed by atoms with Crippen LogP contribution in [-0.2, 0) is 22.7 Å². The summed E-state index contributed by atoms with van der Waals surface area (Å²) in [5.41, 5.74) is 2.08. The molecule has 0 bridgehead atoms. The number of carbonyl (C=O) groups is 1. The molecular formula is C17H23NO3. The molecule has 0 saturated carbocycles. The molecule has 0 unspecified atom stereocenters. The first-order valence-corrected chi connectivity index (χ1v) is 7.59. The lowest BCUT2D eigenvalue weighted by Gasteiger charge is -2.08. The highest BCUT2D eigenvalue weighted by Gasteiger charge is 2.06. The number of fused-ring (bicyclic) bond motifs is 1. The average Bonchev–Trinajstić information content (AvgIpc) is 2.90. The highest BCUT2D eigenvalue weighted by molar-refractivity contribution is 5.83. The summed E-state index contributed by atoms with van der Waals surface area (Å²) >= 11 is 0. The summed E-state index contributed by atoms with van der Waals surface area (Å²) in [5, 5.41) is 10.6. The van der Waals surface area contributed by atoms with Gasteiger partial charge in [-0.05, 0) is 31.2 Å². The third-order valence-electron chi connectivity index (χ3n) is 3.63. The van der Waals surface area contributed by atoms with Crippen LogP contribution in [0.4, 0.5) is 0 Å². The molecule has 1 aromatic heterocycles. The molecule has 21 heavy (non-hydrogen) atoms. The van der Waals surface area contributed by atoms with Crippen LogP contribution in [0.2, 0.25) is 0 Å². The van der Waals surface area contributed by atoms with Crippen molar-refractivity contribution in [3.05, 3.63) is 36.0 Å². The molecule has 0 fully saturated rings. The molecule has 0 radical (unpaired) electrons. The van der Waals surface area contributed by atoms with Crippen molar-refractivity contribution in [1.82, 2.24) is 4.57 Å². The summed E-state index contributed by atoms with van der Waals surface area (Å²) in [6.07, 6.45) is 5.45. The third-order valence-corrected chi connectivity index (χ3v) is 3.63. The van der Waals surface area contributed by atoms with Crippen molar-refractivity contribution in [3.63, 3.8) is 0 Å². The SMILES string of the molecule is CCOC(=O)CCCCCn1ccc2cccc(CO)c21. The van der Waals surface area contributed by atoms with Gasteiger partial charge < -0.3 is 14.4 Å². The normalized spacial score (nSPS) is 11.0. The van der Waals surface area contributed by atoms with E-state index >= 15 is 0 Å². The number of benzene rings is 1. The molecule has 0 amide bonds. The smallest absolute Gasteiger partial charge is 0.305 e. The molecule has 4 nitrogen and oxygen atoms in total. The second kappa shape index (κ2) is 7.84. The predicted octanol–water partition coefficient (Wildman–Crippen LogP) is 3.26. The number of nitrogens with zero attached hydrogens (tertiary/aromatic N) is 1. The fourth-order valence-corrected chi connectivity index (χ4v) is 2.62. The molecule has 2 aromatic rings.